The molecule has 3 N–H and O–H groups in total. The van der Waals surface area contributed by atoms with E-state index in [0.717, 1.165) is 11.3 Å². The Morgan fingerprint density at radius 1 is 1.73 bits per heavy atom. The van der Waals surface area contributed by atoms with E-state index in [1.807, 2.05) is 0 Å². The smallest absolute Gasteiger partial charge is 0.346 e. The van der Waals surface area contributed by atoms with Crippen LogP contribution in [-0.4, -0.2) is 11.1 Å². The van der Waals surface area contributed by atoms with Crippen LogP contribution in [0.1, 0.15) is 15.2 Å². The molecule has 0 atom stereocenters. The molecule has 0 unspecified atom stereocenters. The quantitative estimate of drug-likeness (QED) is 0.784. The van der Waals surface area contributed by atoms with Gasteiger partial charge in [0, 0.05) is 0 Å². The first-order valence-corrected chi connectivity index (χ1v) is 4.42. The highest BCUT2D eigenvalue weighted by atomic mass is 79.9. The van der Waals surface area contributed by atoms with Crippen LogP contribution in [0.25, 0.3) is 0 Å². The topological polar surface area (TPSA) is 63.3 Å². The molecule has 0 aliphatic heterocycles. The molecule has 60 valence electrons. The fraction of sp³-hybridized carbons (Fsp3) is 0.167. The minimum Gasteiger partial charge on any atom is -0.477 e. The minimum atomic E-state index is -0.926. The van der Waals surface area contributed by atoms with Crippen LogP contribution in [0.2, 0.25) is 0 Å². The number of hydrogen-bond acceptors (Lipinski definition) is 3. The summed E-state index contributed by atoms with van der Waals surface area (Å²) >= 11 is 4.27. The molecule has 1 heterocycles. The number of halogens is 1. The fourth-order valence-corrected chi connectivity index (χ4v) is 2.10. The number of anilines is 1. The third kappa shape index (κ3) is 1.39. The molecule has 11 heavy (non-hydrogen) atoms. The van der Waals surface area contributed by atoms with Gasteiger partial charge in [-0.1, -0.05) is 0 Å². The van der Waals surface area contributed by atoms with Crippen LogP contribution in [0.3, 0.4) is 0 Å². The van der Waals surface area contributed by atoms with Crippen molar-refractivity contribution in [2.75, 3.05) is 5.73 Å². The maximum absolute atomic E-state index is 10.5. The van der Waals surface area contributed by atoms with Crippen LogP contribution < -0.4 is 5.73 Å². The van der Waals surface area contributed by atoms with E-state index >= 15 is 0 Å². The lowest BCUT2D eigenvalue weighted by Gasteiger charge is -1.88. The Bertz CT molecular complexity index is 308. The Labute approximate surface area is 76.0 Å². The molecule has 1 aromatic heterocycles. The lowest BCUT2D eigenvalue weighted by Crippen LogP contribution is -1.93. The van der Waals surface area contributed by atoms with Gasteiger partial charge in [0.25, 0.3) is 0 Å². The van der Waals surface area contributed by atoms with Gasteiger partial charge in [-0.05, 0) is 28.4 Å². The van der Waals surface area contributed by atoms with Crippen LogP contribution in [0.5, 0.6) is 0 Å². The number of carboxylic acid groups (broad SMARTS) is 1. The summed E-state index contributed by atoms with van der Waals surface area (Å²) in [5, 5.41) is 9.15. The SMILES string of the molecule is Cc1c(C(=O)O)sc(N)c1Br. The number of nitrogen functional groups attached to an aromatic ring is 1. The average molecular weight is 236 g/mol. The highest BCUT2D eigenvalue weighted by Gasteiger charge is 2.15. The van der Waals surface area contributed by atoms with Crippen molar-refractivity contribution in [1.29, 1.82) is 0 Å². The van der Waals surface area contributed by atoms with Gasteiger partial charge in [-0.15, -0.1) is 11.3 Å². The fourth-order valence-electron chi connectivity index (χ4n) is 0.720. The summed E-state index contributed by atoms with van der Waals surface area (Å²) in [5.41, 5.74) is 6.18. The van der Waals surface area contributed by atoms with E-state index in [-0.39, 0.29) is 0 Å². The summed E-state index contributed by atoms with van der Waals surface area (Å²) in [6.07, 6.45) is 0. The highest BCUT2D eigenvalue weighted by Crippen LogP contribution is 2.34. The maximum atomic E-state index is 10.5. The van der Waals surface area contributed by atoms with Gasteiger partial charge < -0.3 is 10.8 Å². The number of nitrogens with two attached hydrogens (primary N) is 1. The van der Waals surface area contributed by atoms with Gasteiger partial charge in [-0.25, -0.2) is 4.79 Å². The summed E-state index contributed by atoms with van der Waals surface area (Å²) in [7, 11) is 0. The number of carbonyl (C=O) groups is 1. The normalized spacial score (nSPS) is 10.0. The van der Waals surface area contributed by atoms with Crippen LogP contribution in [-0.2, 0) is 0 Å². The van der Waals surface area contributed by atoms with E-state index in [1.165, 1.54) is 0 Å². The second-order valence-electron chi connectivity index (χ2n) is 2.04. The standard InChI is InChI=1S/C6H6BrNO2S/c1-2-3(7)5(8)11-4(2)6(9)10/h8H2,1H3,(H,9,10). The van der Waals surface area contributed by atoms with Gasteiger partial charge in [0.05, 0.1) is 4.47 Å². The third-order valence-corrected chi connectivity index (χ3v) is 3.69. The second-order valence-corrected chi connectivity index (χ2v) is 3.88. The number of rotatable bonds is 1. The Kier molecular flexibility index (Phi) is 2.20. The van der Waals surface area contributed by atoms with Gasteiger partial charge in [0.1, 0.15) is 9.88 Å². The van der Waals surface area contributed by atoms with E-state index in [0.29, 0.717) is 19.9 Å². The molecule has 0 aliphatic rings. The summed E-state index contributed by atoms with van der Waals surface area (Å²) < 4.78 is 0.694. The van der Waals surface area contributed by atoms with Gasteiger partial charge >= 0.3 is 5.97 Å². The van der Waals surface area contributed by atoms with Gasteiger partial charge in [-0.3, -0.25) is 0 Å². The molecule has 0 saturated heterocycles. The highest BCUT2D eigenvalue weighted by molar-refractivity contribution is 9.10. The largest absolute Gasteiger partial charge is 0.477 e. The molecule has 0 fully saturated rings. The second kappa shape index (κ2) is 2.83. The predicted octanol–water partition coefficient (Wildman–Crippen LogP) is 2.10. The molecule has 0 aromatic carbocycles. The maximum Gasteiger partial charge on any atom is 0.346 e. The van der Waals surface area contributed by atoms with E-state index in [2.05, 4.69) is 15.9 Å². The van der Waals surface area contributed by atoms with Crippen LogP contribution in [0.4, 0.5) is 5.00 Å². The lowest BCUT2D eigenvalue weighted by atomic mass is 10.3. The summed E-state index contributed by atoms with van der Waals surface area (Å²) in [4.78, 5) is 10.8. The third-order valence-electron chi connectivity index (χ3n) is 1.29. The molecule has 1 aromatic rings. The summed E-state index contributed by atoms with van der Waals surface area (Å²) in [6.45, 7) is 1.72. The van der Waals surface area contributed by atoms with E-state index in [1.54, 1.807) is 6.92 Å². The molecule has 0 spiro atoms. The van der Waals surface area contributed by atoms with Crippen molar-refractivity contribution in [2.24, 2.45) is 0 Å². The molecule has 3 nitrogen and oxygen atoms in total. The minimum absolute atomic E-state index is 0.300. The molecule has 0 bridgehead atoms. The molecular formula is C6H6BrNO2S. The first kappa shape index (κ1) is 8.55. The molecule has 0 saturated carbocycles. The number of aromatic carboxylic acids is 1. The van der Waals surface area contributed by atoms with Crippen LogP contribution in [0, 0.1) is 6.92 Å². The Morgan fingerprint density at radius 3 is 2.45 bits per heavy atom. The first-order valence-electron chi connectivity index (χ1n) is 2.81. The summed E-state index contributed by atoms with van der Waals surface area (Å²) in [6, 6.07) is 0. The van der Waals surface area contributed by atoms with E-state index < -0.39 is 5.97 Å². The zero-order chi connectivity index (χ0) is 8.59. The van der Waals surface area contributed by atoms with E-state index in [4.69, 9.17) is 10.8 Å². The zero-order valence-electron chi connectivity index (χ0n) is 5.72. The Balaban J connectivity index is 3.29. The number of thiophene rings is 1. The molecule has 5 heteroatoms. The molecule has 1 rings (SSSR count). The molecule has 0 aliphatic carbocycles. The van der Waals surface area contributed by atoms with E-state index in [9.17, 15) is 4.79 Å². The van der Waals surface area contributed by atoms with Crippen molar-refractivity contribution in [1.82, 2.24) is 0 Å². The molecule has 0 amide bonds. The van der Waals surface area contributed by atoms with Crippen LogP contribution >= 0.6 is 27.3 Å². The van der Waals surface area contributed by atoms with Gasteiger partial charge in [-0.2, -0.15) is 0 Å². The number of carboxylic acids is 1. The first-order chi connectivity index (χ1) is 5.04. The van der Waals surface area contributed by atoms with Gasteiger partial charge in [0.15, 0.2) is 0 Å². The Hall–Kier alpha value is -0.550. The van der Waals surface area contributed by atoms with Crippen molar-refractivity contribution in [3.63, 3.8) is 0 Å². The predicted molar refractivity (Wildman–Crippen MR) is 48.1 cm³/mol. The van der Waals surface area contributed by atoms with Crippen molar-refractivity contribution in [2.45, 2.75) is 6.92 Å². The van der Waals surface area contributed by atoms with Gasteiger partial charge in [0.2, 0.25) is 0 Å². The number of hydrogen-bond donors (Lipinski definition) is 2. The van der Waals surface area contributed by atoms with Crippen molar-refractivity contribution < 1.29 is 9.90 Å². The van der Waals surface area contributed by atoms with Crippen molar-refractivity contribution >= 4 is 38.2 Å². The van der Waals surface area contributed by atoms with Crippen LogP contribution in [0.15, 0.2) is 4.47 Å². The summed E-state index contributed by atoms with van der Waals surface area (Å²) in [5.74, 6) is -0.926. The monoisotopic (exact) mass is 235 g/mol. The lowest BCUT2D eigenvalue weighted by molar-refractivity contribution is 0.0701. The van der Waals surface area contributed by atoms with Crippen molar-refractivity contribution in [3.05, 3.63) is 14.9 Å². The zero-order valence-corrected chi connectivity index (χ0v) is 8.12. The van der Waals surface area contributed by atoms with Crippen molar-refractivity contribution in [3.8, 4) is 0 Å². The molecule has 0 radical (unpaired) electrons. The Morgan fingerprint density at radius 2 is 2.27 bits per heavy atom. The average Bonchev–Trinajstić information content (AvgIpc) is 2.17. The molecular weight excluding hydrogens is 230 g/mol.